The monoisotopic (exact) mass is 275 g/mol. The number of fused-ring (bicyclic) bond motifs is 2. The van der Waals surface area contributed by atoms with Crippen LogP contribution in [0.15, 0.2) is 73.3 Å². The van der Waals surface area contributed by atoms with Crippen LogP contribution in [0.1, 0.15) is 0 Å². The Morgan fingerprint density at radius 2 is 1.33 bits per heavy atom. The van der Waals surface area contributed by atoms with Gasteiger partial charge in [-0.3, -0.25) is 0 Å². The number of nitriles is 1. The molecule has 3 rings (SSSR count). The fraction of sp³-hybridized carbons (Fsp3) is 0. The molecule has 3 heteroatoms. The Labute approximate surface area is 122 Å². The molecule has 0 unspecified atom stereocenters. The van der Waals surface area contributed by atoms with Crippen molar-refractivity contribution in [2.45, 2.75) is 0 Å². The molecular formula is C18H13NO2. The molecule has 0 saturated heterocycles. The van der Waals surface area contributed by atoms with Crippen LogP contribution >= 0.6 is 0 Å². The zero-order valence-electron chi connectivity index (χ0n) is 11.3. The molecule has 0 aromatic heterocycles. The molecule has 0 amide bonds. The SMILES string of the molecule is C=CC(=O)OC#N.c1ccc2cc3ccccc3cc2c1. The van der Waals surface area contributed by atoms with Crippen molar-refractivity contribution >= 4 is 27.5 Å². The fourth-order valence-electron chi connectivity index (χ4n) is 1.97. The molecule has 0 atom stereocenters. The van der Waals surface area contributed by atoms with Gasteiger partial charge >= 0.3 is 5.97 Å². The van der Waals surface area contributed by atoms with E-state index in [9.17, 15) is 4.79 Å². The van der Waals surface area contributed by atoms with Crippen molar-refractivity contribution in [1.82, 2.24) is 0 Å². The maximum absolute atomic E-state index is 9.85. The molecule has 102 valence electrons. The Morgan fingerprint density at radius 1 is 0.952 bits per heavy atom. The number of ether oxygens (including phenoxy) is 1. The first-order chi connectivity index (χ1) is 10.2. The second-order valence-corrected chi connectivity index (χ2v) is 4.26. The Kier molecular flexibility index (Phi) is 4.68. The maximum Gasteiger partial charge on any atom is 0.345 e. The molecule has 3 aromatic rings. The fourth-order valence-corrected chi connectivity index (χ4v) is 1.97. The molecule has 0 aliphatic rings. The predicted octanol–water partition coefficient (Wildman–Crippen LogP) is 4.19. The zero-order chi connectivity index (χ0) is 15.1. The second kappa shape index (κ2) is 6.88. The van der Waals surface area contributed by atoms with Crippen LogP contribution in [-0.2, 0) is 9.53 Å². The second-order valence-electron chi connectivity index (χ2n) is 4.26. The van der Waals surface area contributed by atoms with Gasteiger partial charge in [-0.2, -0.15) is 0 Å². The quantitative estimate of drug-likeness (QED) is 0.289. The third-order valence-corrected chi connectivity index (χ3v) is 2.93. The van der Waals surface area contributed by atoms with Gasteiger partial charge in [0, 0.05) is 6.08 Å². The Balaban J connectivity index is 0.000000199. The molecule has 3 nitrogen and oxygen atoms in total. The van der Waals surface area contributed by atoms with E-state index in [1.165, 1.54) is 27.8 Å². The summed E-state index contributed by atoms with van der Waals surface area (Å²) in [6.45, 7) is 3.05. The number of rotatable bonds is 1. The average Bonchev–Trinajstić information content (AvgIpc) is 2.53. The summed E-state index contributed by atoms with van der Waals surface area (Å²) in [6, 6.07) is 21.4. The van der Waals surface area contributed by atoms with Gasteiger partial charge in [0.05, 0.1) is 0 Å². The molecule has 0 aliphatic carbocycles. The van der Waals surface area contributed by atoms with Crippen LogP contribution in [-0.4, -0.2) is 5.97 Å². The summed E-state index contributed by atoms with van der Waals surface area (Å²) >= 11 is 0. The molecular weight excluding hydrogens is 262 g/mol. The van der Waals surface area contributed by atoms with E-state index in [-0.39, 0.29) is 0 Å². The first-order valence-electron chi connectivity index (χ1n) is 6.34. The number of carbonyl (C=O) groups is 1. The standard InChI is InChI=1S/C14H10.C4H3NO2/c1-2-6-12-10-14-8-4-3-7-13(14)9-11(12)5-1;1-2-4(6)7-3-5/h1-10H;2H,1H2. The molecule has 0 aliphatic heterocycles. The van der Waals surface area contributed by atoms with Crippen LogP contribution in [0.4, 0.5) is 0 Å². The van der Waals surface area contributed by atoms with Crippen molar-refractivity contribution in [3.05, 3.63) is 73.3 Å². The smallest absolute Gasteiger partial charge is 0.345 e. The minimum Gasteiger partial charge on any atom is -0.347 e. The number of carbonyl (C=O) groups excluding carboxylic acids is 1. The van der Waals surface area contributed by atoms with E-state index < -0.39 is 5.97 Å². The van der Waals surface area contributed by atoms with Crippen molar-refractivity contribution in [3.63, 3.8) is 0 Å². The molecule has 0 saturated carbocycles. The van der Waals surface area contributed by atoms with Gasteiger partial charge in [0.2, 0.25) is 0 Å². The minimum atomic E-state index is -0.720. The summed E-state index contributed by atoms with van der Waals surface area (Å²) in [5.41, 5.74) is 0. The van der Waals surface area contributed by atoms with Crippen LogP contribution in [0.2, 0.25) is 0 Å². The lowest BCUT2D eigenvalue weighted by molar-refractivity contribution is -0.131. The summed E-state index contributed by atoms with van der Waals surface area (Å²) in [5, 5.41) is 12.9. The summed E-state index contributed by atoms with van der Waals surface area (Å²) in [6.07, 6.45) is 2.12. The van der Waals surface area contributed by atoms with Crippen LogP contribution in [0.5, 0.6) is 0 Å². The third-order valence-electron chi connectivity index (χ3n) is 2.93. The summed E-state index contributed by atoms with van der Waals surface area (Å²) in [7, 11) is 0. The van der Waals surface area contributed by atoms with E-state index in [1.54, 1.807) is 0 Å². The highest BCUT2D eigenvalue weighted by molar-refractivity contribution is 5.98. The van der Waals surface area contributed by atoms with Crippen LogP contribution < -0.4 is 0 Å². The van der Waals surface area contributed by atoms with Gasteiger partial charge in [0.25, 0.3) is 6.26 Å². The lowest BCUT2D eigenvalue weighted by atomic mass is 10.0. The van der Waals surface area contributed by atoms with E-state index in [0.717, 1.165) is 6.08 Å². The highest BCUT2D eigenvalue weighted by atomic mass is 16.5. The Morgan fingerprint density at radius 3 is 1.57 bits per heavy atom. The van der Waals surface area contributed by atoms with Crippen molar-refractivity contribution in [3.8, 4) is 6.26 Å². The predicted molar refractivity (Wildman–Crippen MR) is 83.4 cm³/mol. The van der Waals surface area contributed by atoms with E-state index >= 15 is 0 Å². The molecule has 0 fully saturated rings. The number of nitrogens with zero attached hydrogens (tertiary/aromatic N) is 1. The molecule has 21 heavy (non-hydrogen) atoms. The van der Waals surface area contributed by atoms with E-state index in [0.29, 0.717) is 0 Å². The van der Waals surface area contributed by atoms with Gasteiger partial charge in [-0.1, -0.05) is 55.1 Å². The lowest BCUT2D eigenvalue weighted by Crippen LogP contribution is -1.91. The van der Waals surface area contributed by atoms with E-state index in [2.05, 4.69) is 72.0 Å². The van der Waals surface area contributed by atoms with Gasteiger partial charge in [-0.15, -0.1) is 5.26 Å². The Hall–Kier alpha value is -3.12. The number of benzene rings is 3. The first kappa shape index (κ1) is 14.3. The van der Waals surface area contributed by atoms with E-state index in [1.807, 2.05) is 0 Å². The maximum atomic E-state index is 9.85. The van der Waals surface area contributed by atoms with Gasteiger partial charge in [-0.05, 0) is 33.7 Å². The zero-order valence-corrected chi connectivity index (χ0v) is 11.3. The number of esters is 1. The summed E-state index contributed by atoms with van der Waals surface area (Å²) in [4.78, 5) is 9.85. The molecule has 0 bridgehead atoms. The molecule has 0 spiro atoms. The highest BCUT2D eigenvalue weighted by Gasteiger charge is 1.95. The van der Waals surface area contributed by atoms with Gasteiger partial charge in [0.15, 0.2) is 0 Å². The third kappa shape index (κ3) is 3.68. The van der Waals surface area contributed by atoms with Crippen LogP contribution in [0, 0.1) is 11.5 Å². The van der Waals surface area contributed by atoms with E-state index in [4.69, 9.17) is 5.26 Å². The summed E-state index contributed by atoms with van der Waals surface area (Å²) < 4.78 is 3.74. The molecule has 0 N–H and O–H groups in total. The largest absolute Gasteiger partial charge is 0.347 e. The molecule has 0 radical (unpaired) electrons. The highest BCUT2D eigenvalue weighted by Crippen LogP contribution is 2.21. The van der Waals surface area contributed by atoms with Gasteiger partial charge in [0.1, 0.15) is 0 Å². The number of hydrogen-bond donors (Lipinski definition) is 0. The van der Waals surface area contributed by atoms with Crippen LogP contribution in [0.3, 0.4) is 0 Å². The van der Waals surface area contributed by atoms with Crippen LogP contribution in [0.25, 0.3) is 21.5 Å². The topological polar surface area (TPSA) is 50.1 Å². The van der Waals surface area contributed by atoms with Crippen molar-refractivity contribution in [2.75, 3.05) is 0 Å². The van der Waals surface area contributed by atoms with Gasteiger partial charge < -0.3 is 4.74 Å². The first-order valence-corrected chi connectivity index (χ1v) is 6.34. The van der Waals surface area contributed by atoms with Crippen molar-refractivity contribution < 1.29 is 9.53 Å². The molecule has 3 aromatic carbocycles. The normalized spacial score (nSPS) is 9.29. The average molecular weight is 275 g/mol. The summed E-state index contributed by atoms with van der Waals surface area (Å²) in [5.74, 6) is -0.720. The minimum absolute atomic E-state index is 0.720. The lowest BCUT2D eigenvalue weighted by Gasteiger charge is -2.00. The Bertz CT molecular complexity index is 726. The van der Waals surface area contributed by atoms with Gasteiger partial charge in [-0.25, -0.2) is 4.79 Å². The molecule has 0 heterocycles. The van der Waals surface area contributed by atoms with Crippen molar-refractivity contribution in [1.29, 1.82) is 5.26 Å². The number of hydrogen-bond acceptors (Lipinski definition) is 3. The van der Waals surface area contributed by atoms with Crippen molar-refractivity contribution in [2.24, 2.45) is 0 Å².